The number of nitrogens with one attached hydrogen (secondary N) is 2. The van der Waals surface area contributed by atoms with Gasteiger partial charge in [0.1, 0.15) is 5.56 Å². The van der Waals surface area contributed by atoms with Crippen molar-refractivity contribution in [2.45, 2.75) is 19.4 Å². The SMILES string of the molecule is C#CC(C)(C)NC(=O)Nc1cccc(C(=O)O)c1O. The lowest BCUT2D eigenvalue weighted by atomic mass is 10.1. The van der Waals surface area contributed by atoms with Gasteiger partial charge in [0.25, 0.3) is 0 Å². The molecule has 0 aliphatic carbocycles. The Labute approximate surface area is 110 Å². The number of hydrogen-bond donors (Lipinski definition) is 4. The van der Waals surface area contributed by atoms with Crippen molar-refractivity contribution in [1.82, 2.24) is 5.32 Å². The van der Waals surface area contributed by atoms with E-state index in [9.17, 15) is 14.7 Å². The third kappa shape index (κ3) is 3.64. The number of hydrogen-bond acceptors (Lipinski definition) is 3. The molecule has 0 aliphatic rings. The normalized spacial score (nSPS) is 10.4. The molecule has 0 saturated heterocycles. The molecule has 19 heavy (non-hydrogen) atoms. The molecule has 0 atom stereocenters. The van der Waals surface area contributed by atoms with Crippen molar-refractivity contribution < 1.29 is 19.8 Å². The van der Waals surface area contributed by atoms with E-state index in [0.717, 1.165) is 0 Å². The van der Waals surface area contributed by atoms with Crippen LogP contribution in [0.5, 0.6) is 5.75 Å². The van der Waals surface area contributed by atoms with Crippen molar-refractivity contribution in [1.29, 1.82) is 0 Å². The molecule has 0 saturated carbocycles. The summed E-state index contributed by atoms with van der Waals surface area (Å²) < 4.78 is 0. The molecule has 6 heteroatoms. The maximum absolute atomic E-state index is 11.6. The van der Waals surface area contributed by atoms with E-state index in [0.29, 0.717) is 0 Å². The molecule has 0 aliphatic heterocycles. The van der Waals surface area contributed by atoms with Crippen LogP contribution in [0.4, 0.5) is 10.5 Å². The number of aromatic hydroxyl groups is 1. The van der Waals surface area contributed by atoms with Crippen LogP contribution in [0.3, 0.4) is 0 Å². The van der Waals surface area contributed by atoms with Crippen molar-refractivity contribution in [2.24, 2.45) is 0 Å². The van der Waals surface area contributed by atoms with Gasteiger partial charge in [-0.05, 0) is 26.0 Å². The fourth-order valence-electron chi connectivity index (χ4n) is 1.29. The predicted octanol–water partition coefficient (Wildman–Crippen LogP) is 1.62. The molecule has 0 heterocycles. The highest BCUT2D eigenvalue weighted by Crippen LogP contribution is 2.27. The Balaban J connectivity index is 2.90. The lowest BCUT2D eigenvalue weighted by Gasteiger charge is -2.20. The summed E-state index contributed by atoms with van der Waals surface area (Å²) in [7, 11) is 0. The number of carboxylic acids is 1. The summed E-state index contributed by atoms with van der Waals surface area (Å²) in [5.74, 6) is 0.577. The highest BCUT2D eigenvalue weighted by molar-refractivity contribution is 5.97. The number of anilines is 1. The van der Waals surface area contributed by atoms with Crippen LogP contribution >= 0.6 is 0 Å². The summed E-state index contributed by atoms with van der Waals surface area (Å²) in [6, 6.07) is 3.38. The molecule has 1 rings (SSSR count). The van der Waals surface area contributed by atoms with Gasteiger partial charge >= 0.3 is 12.0 Å². The van der Waals surface area contributed by atoms with Gasteiger partial charge < -0.3 is 20.8 Å². The van der Waals surface area contributed by atoms with Crippen LogP contribution in [0.1, 0.15) is 24.2 Å². The van der Waals surface area contributed by atoms with Gasteiger partial charge in [0.2, 0.25) is 0 Å². The fraction of sp³-hybridized carbons (Fsp3) is 0.231. The van der Waals surface area contributed by atoms with Crippen molar-refractivity contribution in [3.05, 3.63) is 23.8 Å². The molecule has 0 bridgehead atoms. The maximum atomic E-state index is 11.6. The Hall–Kier alpha value is -2.68. The van der Waals surface area contributed by atoms with Gasteiger partial charge in [0, 0.05) is 0 Å². The van der Waals surface area contributed by atoms with Gasteiger partial charge in [-0.1, -0.05) is 12.0 Å². The summed E-state index contributed by atoms with van der Waals surface area (Å²) in [5, 5.41) is 23.4. The van der Waals surface area contributed by atoms with Gasteiger partial charge in [-0.25, -0.2) is 9.59 Å². The number of terminal acetylenes is 1. The minimum Gasteiger partial charge on any atom is -0.505 e. The zero-order valence-corrected chi connectivity index (χ0v) is 10.5. The average molecular weight is 262 g/mol. The fourth-order valence-corrected chi connectivity index (χ4v) is 1.29. The second kappa shape index (κ2) is 5.31. The standard InChI is InChI=1S/C13H14N2O4/c1-4-13(2,3)15-12(19)14-9-7-5-6-8(10(9)16)11(17)18/h1,5-7,16H,2-3H3,(H,17,18)(H2,14,15,19). The summed E-state index contributed by atoms with van der Waals surface area (Å²) in [5.41, 5.74) is -1.16. The molecule has 1 aromatic carbocycles. The van der Waals surface area contributed by atoms with Crippen LogP contribution in [-0.4, -0.2) is 27.8 Å². The van der Waals surface area contributed by atoms with Gasteiger partial charge in [-0.2, -0.15) is 0 Å². The van der Waals surface area contributed by atoms with E-state index in [2.05, 4.69) is 16.6 Å². The molecule has 1 aromatic rings. The number of carbonyl (C=O) groups is 2. The first-order valence-electron chi connectivity index (χ1n) is 5.39. The molecule has 0 aromatic heterocycles. The summed E-state index contributed by atoms with van der Waals surface area (Å²) in [6.45, 7) is 3.25. The van der Waals surface area contributed by atoms with Gasteiger partial charge in [0.05, 0.1) is 11.2 Å². The number of carbonyl (C=O) groups excluding carboxylic acids is 1. The van der Waals surface area contributed by atoms with Crippen molar-refractivity contribution in [3.8, 4) is 18.1 Å². The van der Waals surface area contributed by atoms with E-state index in [-0.39, 0.29) is 11.3 Å². The Morgan fingerprint density at radius 1 is 1.37 bits per heavy atom. The first-order chi connectivity index (χ1) is 8.76. The third-order valence-electron chi connectivity index (χ3n) is 2.30. The van der Waals surface area contributed by atoms with Crippen molar-refractivity contribution >= 4 is 17.7 Å². The quantitative estimate of drug-likeness (QED) is 0.491. The lowest BCUT2D eigenvalue weighted by Crippen LogP contribution is -2.44. The molecule has 0 radical (unpaired) electrons. The van der Waals surface area contributed by atoms with Crippen LogP contribution < -0.4 is 10.6 Å². The molecule has 4 N–H and O–H groups in total. The van der Waals surface area contributed by atoms with Crippen LogP contribution in [-0.2, 0) is 0 Å². The summed E-state index contributed by atoms with van der Waals surface area (Å²) in [4.78, 5) is 22.5. The van der Waals surface area contributed by atoms with Crippen LogP contribution in [0.15, 0.2) is 18.2 Å². The van der Waals surface area contributed by atoms with Gasteiger partial charge in [0.15, 0.2) is 5.75 Å². The molecular formula is C13H14N2O4. The Morgan fingerprint density at radius 3 is 2.53 bits per heavy atom. The Morgan fingerprint density at radius 2 is 2.00 bits per heavy atom. The third-order valence-corrected chi connectivity index (χ3v) is 2.30. The average Bonchev–Trinajstić information content (AvgIpc) is 2.30. The second-order valence-corrected chi connectivity index (χ2v) is 4.36. The number of para-hydroxylation sites is 1. The number of carboxylic acid groups (broad SMARTS) is 1. The van der Waals surface area contributed by atoms with E-state index in [1.54, 1.807) is 13.8 Å². The van der Waals surface area contributed by atoms with Gasteiger partial charge in [-0.3, -0.25) is 0 Å². The van der Waals surface area contributed by atoms with Crippen molar-refractivity contribution in [3.63, 3.8) is 0 Å². The van der Waals surface area contributed by atoms with Crippen LogP contribution in [0.2, 0.25) is 0 Å². The zero-order chi connectivity index (χ0) is 14.6. The van der Waals surface area contributed by atoms with Crippen LogP contribution in [0.25, 0.3) is 0 Å². The van der Waals surface area contributed by atoms with E-state index >= 15 is 0 Å². The Kier molecular flexibility index (Phi) is 4.02. The molecule has 100 valence electrons. The summed E-state index contributed by atoms with van der Waals surface area (Å²) in [6.07, 6.45) is 5.22. The first-order valence-corrected chi connectivity index (χ1v) is 5.39. The minimum absolute atomic E-state index is 0.00905. The number of benzene rings is 1. The zero-order valence-electron chi connectivity index (χ0n) is 10.5. The number of amides is 2. The maximum Gasteiger partial charge on any atom is 0.339 e. The highest BCUT2D eigenvalue weighted by atomic mass is 16.4. The number of rotatable bonds is 3. The molecule has 0 spiro atoms. The van der Waals surface area contributed by atoms with E-state index in [4.69, 9.17) is 11.5 Å². The topological polar surface area (TPSA) is 98.7 Å². The first kappa shape index (κ1) is 14.4. The molecule has 2 amide bonds. The monoisotopic (exact) mass is 262 g/mol. The highest BCUT2D eigenvalue weighted by Gasteiger charge is 2.19. The minimum atomic E-state index is -1.29. The predicted molar refractivity (Wildman–Crippen MR) is 70.1 cm³/mol. The van der Waals surface area contributed by atoms with E-state index in [1.807, 2.05) is 0 Å². The van der Waals surface area contributed by atoms with Crippen molar-refractivity contribution in [2.75, 3.05) is 5.32 Å². The number of phenols is 1. The molecule has 6 nitrogen and oxygen atoms in total. The van der Waals surface area contributed by atoms with Gasteiger partial charge in [-0.15, -0.1) is 6.42 Å². The lowest BCUT2D eigenvalue weighted by molar-refractivity contribution is 0.0693. The van der Waals surface area contributed by atoms with Crippen LogP contribution in [0, 0.1) is 12.3 Å². The Bertz CT molecular complexity index is 558. The van der Waals surface area contributed by atoms with E-state index < -0.39 is 23.3 Å². The molecular weight excluding hydrogens is 248 g/mol. The largest absolute Gasteiger partial charge is 0.505 e. The molecule has 0 fully saturated rings. The smallest absolute Gasteiger partial charge is 0.339 e. The van der Waals surface area contributed by atoms with E-state index in [1.165, 1.54) is 18.2 Å². The molecule has 0 unspecified atom stereocenters. The second-order valence-electron chi connectivity index (χ2n) is 4.36. The summed E-state index contributed by atoms with van der Waals surface area (Å²) >= 11 is 0. The number of urea groups is 1. The number of aromatic carboxylic acids is 1.